The molecular weight excluding hydrogens is 703 g/mol. The van der Waals surface area contributed by atoms with E-state index in [1.807, 2.05) is 0 Å². The summed E-state index contributed by atoms with van der Waals surface area (Å²) in [5, 5.41) is 5.50. The second kappa shape index (κ2) is 21.6. The summed E-state index contributed by atoms with van der Waals surface area (Å²) in [7, 11) is 0. The Bertz CT molecular complexity index is 1620. The van der Waals surface area contributed by atoms with Crippen molar-refractivity contribution in [3.05, 3.63) is 145 Å². The van der Waals surface area contributed by atoms with Gasteiger partial charge in [-0.25, -0.2) is 0 Å². The van der Waals surface area contributed by atoms with E-state index in [1.165, 1.54) is 91.7 Å². The molecule has 0 aliphatic heterocycles. The van der Waals surface area contributed by atoms with Gasteiger partial charge in [0.1, 0.15) is 0 Å². The van der Waals surface area contributed by atoms with Gasteiger partial charge in [0.2, 0.25) is 0 Å². The smallest absolute Gasteiger partial charge is 1.00 e. The third-order valence-electron chi connectivity index (χ3n) is 8.48. The quantitative estimate of drug-likeness (QED) is 0.140. The second-order valence-corrected chi connectivity index (χ2v) is 12.8. The Balaban J connectivity index is 0.000000420. The van der Waals surface area contributed by atoms with E-state index in [2.05, 4.69) is 165 Å². The summed E-state index contributed by atoms with van der Waals surface area (Å²) in [6.07, 6.45) is 5.49. The Morgan fingerprint density at radius 3 is 1.17 bits per heavy atom. The van der Waals surface area contributed by atoms with E-state index in [9.17, 15) is 0 Å². The SMILES string of the molecule is CCCc1cc2c(-c3ccc(C(C)C)cc3)cccc2[cH-]1.CCCc1cc2c(-c3ccc(C(C)C)cc3)cccc2[cH-]1.[CH2-]C[CH2-].[Cl-].[Cl-].[Zr+2]. The maximum atomic E-state index is 3.38. The molecule has 0 amide bonds. The van der Waals surface area contributed by atoms with Gasteiger partial charge in [0.15, 0.2) is 0 Å². The van der Waals surface area contributed by atoms with E-state index in [0.717, 1.165) is 6.42 Å². The Kier molecular flexibility index (Phi) is 19.6. The predicted molar refractivity (Wildman–Crippen MR) is 201 cm³/mol. The van der Waals surface area contributed by atoms with E-state index in [4.69, 9.17) is 0 Å². The molecule has 254 valence electrons. The van der Waals surface area contributed by atoms with Crippen LogP contribution >= 0.6 is 0 Å². The summed E-state index contributed by atoms with van der Waals surface area (Å²) >= 11 is 0. The maximum absolute atomic E-state index is 3.38. The van der Waals surface area contributed by atoms with Crippen molar-refractivity contribution in [2.75, 3.05) is 0 Å². The summed E-state index contributed by atoms with van der Waals surface area (Å²) < 4.78 is 0. The molecular formula is C45H52Cl2Zr-4. The van der Waals surface area contributed by atoms with Crippen LogP contribution in [0.1, 0.15) is 94.9 Å². The van der Waals surface area contributed by atoms with Gasteiger partial charge < -0.3 is 45.1 Å². The largest absolute Gasteiger partial charge is 2.00 e. The van der Waals surface area contributed by atoms with Crippen LogP contribution in [0.4, 0.5) is 0 Å². The van der Waals surface area contributed by atoms with Gasteiger partial charge in [-0.15, -0.1) is 69.1 Å². The summed E-state index contributed by atoms with van der Waals surface area (Å²) in [6, 6.07) is 40.7. The number of aryl methyl sites for hydroxylation is 2. The zero-order valence-corrected chi connectivity index (χ0v) is 33.7. The third-order valence-corrected chi connectivity index (χ3v) is 8.48. The standard InChI is InChI=1S/2C21H23.C3H6.2ClH.Zr/c2*1-4-6-16-13-19-7-5-8-20(21(19)14-16)18-11-9-17(10-12-18)15(2)3;1-3-2;;;/h2*5,7-15H,4,6H2,1-3H3;1-3H2;2*1H;/q2*-1;-2;;;+2/p-2. The molecule has 0 fully saturated rings. The minimum absolute atomic E-state index is 0. The number of rotatable bonds is 8. The minimum Gasteiger partial charge on any atom is -1.00 e. The third kappa shape index (κ3) is 11.3. The first-order valence-corrected chi connectivity index (χ1v) is 16.9. The van der Waals surface area contributed by atoms with Crippen LogP contribution in [0.3, 0.4) is 0 Å². The van der Waals surface area contributed by atoms with Crippen molar-refractivity contribution >= 4 is 21.5 Å². The van der Waals surface area contributed by atoms with Crippen molar-refractivity contribution < 1.29 is 51.0 Å². The molecule has 0 spiro atoms. The monoisotopic (exact) mass is 752 g/mol. The normalized spacial score (nSPS) is 10.4. The molecule has 0 aliphatic carbocycles. The number of benzene rings is 4. The van der Waals surface area contributed by atoms with Crippen LogP contribution < -0.4 is 24.8 Å². The summed E-state index contributed by atoms with van der Waals surface area (Å²) in [5.41, 5.74) is 11.1. The predicted octanol–water partition coefficient (Wildman–Crippen LogP) is 7.65. The molecule has 0 heterocycles. The fraction of sp³-hybridized carbons (Fsp3) is 0.289. The summed E-state index contributed by atoms with van der Waals surface area (Å²) in [4.78, 5) is 0. The molecule has 0 aliphatic rings. The molecule has 0 radical (unpaired) electrons. The van der Waals surface area contributed by atoms with Crippen LogP contribution in [0.2, 0.25) is 0 Å². The van der Waals surface area contributed by atoms with Crippen molar-refractivity contribution in [2.45, 2.75) is 85.5 Å². The van der Waals surface area contributed by atoms with Gasteiger partial charge in [0, 0.05) is 0 Å². The first kappa shape index (κ1) is 43.6. The Morgan fingerprint density at radius 1 is 0.542 bits per heavy atom. The van der Waals surface area contributed by atoms with E-state index >= 15 is 0 Å². The molecule has 0 N–H and O–H groups in total. The molecule has 6 aromatic rings. The van der Waals surface area contributed by atoms with Crippen molar-refractivity contribution in [1.82, 2.24) is 0 Å². The van der Waals surface area contributed by atoms with Gasteiger partial charge in [0.05, 0.1) is 0 Å². The van der Waals surface area contributed by atoms with Gasteiger partial charge in [-0.1, -0.05) is 126 Å². The average molecular weight is 755 g/mol. The topological polar surface area (TPSA) is 0 Å². The molecule has 0 atom stereocenters. The molecule has 48 heavy (non-hydrogen) atoms. The van der Waals surface area contributed by atoms with Crippen LogP contribution in [0.5, 0.6) is 0 Å². The van der Waals surface area contributed by atoms with E-state index in [0.29, 0.717) is 11.8 Å². The van der Waals surface area contributed by atoms with Crippen LogP contribution in [-0.2, 0) is 39.0 Å². The van der Waals surface area contributed by atoms with Gasteiger partial charge >= 0.3 is 26.2 Å². The van der Waals surface area contributed by atoms with E-state index in [-0.39, 0.29) is 51.0 Å². The number of hydrogen-bond donors (Lipinski definition) is 0. The maximum Gasteiger partial charge on any atom is 2.00 e. The van der Waals surface area contributed by atoms with Gasteiger partial charge in [-0.05, 0) is 46.9 Å². The second-order valence-electron chi connectivity index (χ2n) is 12.8. The van der Waals surface area contributed by atoms with Crippen molar-refractivity contribution in [2.24, 2.45) is 0 Å². The first-order chi connectivity index (χ1) is 21.8. The summed E-state index contributed by atoms with van der Waals surface area (Å²) in [5.74, 6) is 1.18. The molecule has 0 aromatic heterocycles. The molecule has 0 saturated heterocycles. The fourth-order valence-corrected chi connectivity index (χ4v) is 6.06. The molecule has 0 bridgehead atoms. The Morgan fingerprint density at radius 2 is 0.875 bits per heavy atom. The van der Waals surface area contributed by atoms with Crippen LogP contribution in [-0.4, -0.2) is 0 Å². The van der Waals surface area contributed by atoms with Gasteiger partial charge in [-0.2, -0.15) is 12.1 Å². The van der Waals surface area contributed by atoms with Crippen molar-refractivity contribution in [3.8, 4) is 22.3 Å². The zero-order chi connectivity index (χ0) is 32.3. The molecule has 0 saturated carbocycles. The van der Waals surface area contributed by atoms with Crippen molar-refractivity contribution in [1.29, 1.82) is 0 Å². The van der Waals surface area contributed by atoms with Gasteiger partial charge in [-0.3, -0.25) is 0 Å². The van der Waals surface area contributed by atoms with Crippen LogP contribution in [0, 0.1) is 13.8 Å². The van der Waals surface area contributed by atoms with E-state index in [1.54, 1.807) is 0 Å². The zero-order valence-electron chi connectivity index (χ0n) is 29.8. The molecule has 0 unspecified atom stereocenters. The summed E-state index contributed by atoms with van der Waals surface area (Å²) in [6.45, 7) is 20.2. The Labute approximate surface area is 323 Å². The molecule has 6 rings (SSSR count). The Hall–Kier alpha value is -2.44. The molecule has 6 aromatic carbocycles. The van der Waals surface area contributed by atoms with Crippen LogP contribution in [0.25, 0.3) is 43.8 Å². The first-order valence-electron chi connectivity index (χ1n) is 16.9. The minimum atomic E-state index is 0. The fourth-order valence-electron chi connectivity index (χ4n) is 6.06. The number of fused-ring (bicyclic) bond motifs is 2. The van der Waals surface area contributed by atoms with Gasteiger partial charge in [0.25, 0.3) is 0 Å². The number of halogens is 2. The van der Waals surface area contributed by atoms with Crippen molar-refractivity contribution in [3.63, 3.8) is 0 Å². The van der Waals surface area contributed by atoms with Crippen LogP contribution in [0.15, 0.2) is 109 Å². The van der Waals surface area contributed by atoms with E-state index < -0.39 is 0 Å². The molecule has 0 nitrogen and oxygen atoms in total. The molecule has 3 heteroatoms. The number of hydrogen-bond acceptors (Lipinski definition) is 0. The average Bonchev–Trinajstić information content (AvgIpc) is 3.65.